The fourth-order valence-electron chi connectivity index (χ4n) is 2.06. The monoisotopic (exact) mass is 321 g/mol. The van der Waals surface area contributed by atoms with Crippen LogP contribution in [0.2, 0.25) is 5.15 Å². The van der Waals surface area contributed by atoms with Crippen LogP contribution in [0, 0.1) is 19.7 Å². The molecule has 3 rings (SSSR count). The van der Waals surface area contributed by atoms with Crippen molar-refractivity contribution in [3.63, 3.8) is 0 Å². The first-order valence-electron chi connectivity index (χ1n) is 6.46. The summed E-state index contributed by atoms with van der Waals surface area (Å²) in [7, 11) is 0. The maximum atomic E-state index is 12.9. The third kappa shape index (κ3) is 2.84. The summed E-state index contributed by atoms with van der Waals surface area (Å²) >= 11 is 7.85. The average molecular weight is 322 g/mol. The zero-order valence-electron chi connectivity index (χ0n) is 11.6. The van der Waals surface area contributed by atoms with Crippen LogP contribution in [-0.4, -0.2) is 9.97 Å². The first kappa shape index (κ1) is 14.2. The van der Waals surface area contributed by atoms with Gasteiger partial charge in [-0.3, -0.25) is 0 Å². The number of aromatic nitrogens is 2. The number of aryl methyl sites for hydroxylation is 2. The summed E-state index contributed by atoms with van der Waals surface area (Å²) in [6.07, 6.45) is 0. The van der Waals surface area contributed by atoms with Crippen molar-refractivity contribution in [1.29, 1.82) is 0 Å². The second-order valence-electron chi connectivity index (χ2n) is 4.78. The van der Waals surface area contributed by atoms with Crippen molar-refractivity contribution in [3.05, 3.63) is 51.2 Å². The summed E-state index contributed by atoms with van der Waals surface area (Å²) in [5.41, 5.74) is 2.08. The molecule has 0 aliphatic carbocycles. The number of fused-ring (bicyclic) bond motifs is 1. The van der Waals surface area contributed by atoms with E-state index < -0.39 is 0 Å². The van der Waals surface area contributed by atoms with Gasteiger partial charge in [-0.05, 0) is 37.1 Å². The van der Waals surface area contributed by atoms with Crippen molar-refractivity contribution in [2.24, 2.45) is 0 Å². The Morgan fingerprint density at radius 1 is 1.19 bits per heavy atom. The number of halogens is 2. The molecular weight excluding hydrogens is 309 g/mol. The molecular formula is C15H13ClFN3S. The van der Waals surface area contributed by atoms with Gasteiger partial charge in [-0.25, -0.2) is 14.4 Å². The molecule has 108 valence electrons. The van der Waals surface area contributed by atoms with Gasteiger partial charge in [0, 0.05) is 11.4 Å². The molecule has 0 fully saturated rings. The molecule has 3 nitrogen and oxygen atoms in total. The van der Waals surface area contributed by atoms with E-state index in [1.54, 1.807) is 23.5 Å². The van der Waals surface area contributed by atoms with Crippen LogP contribution in [0.1, 0.15) is 16.0 Å². The molecule has 0 aliphatic heterocycles. The van der Waals surface area contributed by atoms with Crippen LogP contribution in [-0.2, 0) is 6.54 Å². The third-order valence-corrected chi connectivity index (χ3v) is 4.72. The first-order chi connectivity index (χ1) is 10.0. The lowest BCUT2D eigenvalue weighted by atomic mass is 10.2. The van der Waals surface area contributed by atoms with E-state index in [9.17, 15) is 4.39 Å². The Labute approximate surface area is 130 Å². The van der Waals surface area contributed by atoms with Crippen LogP contribution in [0.25, 0.3) is 10.2 Å². The molecule has 0 radical (unpaired) electrons. The summed E-state index contributed by atoms with van der Waals surface area (Å²) in [6, 6.07) is 6.31. The molecule has 0 unspecified atom stereocenters. The largest absolute Gasteiger partial charge is 0.350 e. The van der Waals surface area contributed by atoms with E-state index in [0.717, 1.165) is 21.3 Å². The molecule has 21 heavy (non-hydrogen) atoms. The molecule has 0 bridgehead atoms. The number of anilines is 1. The van der Waals surface area contributed by atoms with Crippen LogP contribution < -0.4 is 5.32 Å². The minimum atomic E-state index is -0.246. The highest BCUT2D eigenvalue weighted by Gasteiger charge is 2.13. The molecule has 0 amide bonds. The molecule has 1 aromatic carbocycles. The smallest absolute Gasteiger partial charge is 0.225 e. The number of hydrogen-bond acceptors (Lipinski definition) is 4. The minimum absolute atomic E-state index is 0.246. The van der Waals surface area contributed by atoms with Gasteiger partial charge < -0.3 is 5.32 Å². The van der Waals surface area contributed by atoms with E-state index in [-0.39, 0.29) is 5.82 Å². The molecule has 0 atom stereocenters. The summed E-state index contributed by atoms with van der Waals surface area (Å²) in [5, 5.41) is 4.50. The van der Waals surface area contributed by atoms with Gasteiger partial charge in [-0.2, -0.15) is 0 Å². The molecule has 3 aromatic rings. The zero-order chi connectivity index (χ0) is 15.0. The van der Waals surface area contributed by atoms with E-state index in [2.05, 4.69) is 15.3 Å². The number of thiophene rings is 1. The van der Waals surface area contributed by atoms with Gasteiger partial charge in [0.2, 0.25) is 5.95 Å². The highest BCUT2D eigenvalue weighted by molar-refractivity contribution is 7.18. The Balaban J connectivity index is 1.86. The lowest BCUT2D eigenvalue weighted by Crippen LogP contribution is -2.03. The summed E-state index contributed by atoms with van der Waals surface area (Å²) < 4.78 is 12.9. The Morgan fingerprint density at radius 3 is 2.62 bits per heavy atom. The summed E-state index contributed by atoms with van der Waals surface area (Å²) in [6.45, 7) is 4.59. The SMILES string of the molecule is Cc1sc2nc(NCc3ccc(F)cc3)nc(Cl)c2c1C. The van der Waals surface area contributed by atoms with Crippen LogP contribution in [0.3, 0.4) is 0 Å². The van der Waals surface area contributed by atoms with Gasteiger partial charge in [-0.15, -0.1) is 11.3 Å². The van der Waals surface area contributed by atoms with E-state index in [0.29, 0.717) is 17.6 Å². The van der Waals surface area contributed by atoms with Gasteiger partial charge >= 0.3 is 0 Å². The standard InChI is InChI=1S/C15H13ClFN3S/c1-8-9(2)21-14-12(8)13(16)19-15(20-14)18-7-10-3-5-11(17)6-4-10/h3-6H,7H2,1-2H3,(H,18,19,20). The Bertz CT molecular complexity index is 799. The molecule has 1 N–H and O–H groups in total. The summed E-state index contributed by atoms with van der Waals surface area (Å²) in [5.74, 6) is 0.238. The number of rotatable bonds is 3. The van der Waals surface area contributed by atoms with Crippen LogP contribution in [0.15, 0.2) is 24.3 Å². The van der Waals surface area contributed by atoms with Crippen molar-refractivity contribution < 1.29 is 4.39 Å². The van der Waals surface area contributed by atoms with Crippen molar-refractivity contribution >= 4 is 39.1 Å². The predicted molar refractivity (Wildman–Crippen MR) is 85.6 cm³/mol. The second kappa shape index (κ2) is 5.58. The van der Waals surface area contributed by atoms with Crippen molar-refractivity contribution in [1.82, 2.24) is 9.97 Å². The van der Waals surface area contributed by atoms with Gasteiger partial charge in [0.15, 0.2) is 0 Å². The zero-order valence-corrected chi connectivity index (χ0v) is 13.1. The topological polar surface area (TPSA) is 37.8 Å². The highest BCUT2D eigenvalue weighted by atomic mass is 35.5. The van der Waals surface area contributed by atoms with Crippen molar-refractivity contribution in [3.8, 4) is 0 Å². The Kier molecular flexibility index (Phi) is 3.78. The highest BCUT2D eigenvalue weighted by Crippen LogP contribution is 2.33. The van der Waals surface area contributed by atoms with Gasteiger partial charge in [0.25, 0.3) is 0 Å². The van der Waals surface area contributed by atoms with Crippen molar-refractivity contribution in [2.75, 3.05) is 5.32 Å². The van der Waals surface area contributed by atoms with Crippen LogP contribution >= 0.6 is 22.9 Å². The summed E-state index contributed by atoms with van der Waals surface area (Å²) in [4.78, 5) is 10.8. The number of benzene rings is 1. The molecule has 2 heterocycles. The molecule has 0 spiro atoms. The van der Waals surface area contributed by atoms with Gasteiger partial charge in [-0.1, -0.05) is 23.7 Å². The first-order valence-corrected chi connectivity index (χ1v) is 7.65. The minimum Gasteiger partial charge on any atom is -0.350 e. The second-order valence-corrected chi connectivity index (χ2v) is 6.34. The molecule has 6 heteroatoms. The van der Waals surface area contributed by atoms with E-state index >= 15 is 0 Å². The predicted octanol–water partition coefficient (Wildman–Crippen LogP) is 4.71. The van der Waals surface area contributed by atoms with Gasteiger partial charge in [0.1, 0.15) is 15.8 Å². The maximum absolute atomic E-state index is 12.9. The van der Waals surface area contributed by atoms with Gasteiger partial charge in [0.05, 0.1) is 5.39 Å². The fraction of sp³-hybridized carbons (Fsp3) is 0.200. The van der Waals surface area contributed by atoms with Crippen LogP contribution in [0.5, 0.6) is 0 Å². The lowest BCUT2D eigenvalue weighted by molar-refractivity contribution is 0.627. The third-order valence-electron chi connectivity index (χ3n) is 3.35. The lowest BCUT2D eigenvalue weighted by Gasteiger charge is -2.06. The number of nitrogens with one attached hydrogen (secondary N) is 1. The normalized spacial score (nSPS) is 11.0. The van der Waals surface area contributed by atoms with E-state index in [4.69, 9.17) is 11.6 Å². The number of hydrogen-bond donors (Lipinski definition) is 1. The number of nitrogens with zero attached hydrogens (tertiary/aromatic N) is 2. The maximum Gasteiger partial charge on any atom is 0.225 e. The van der Waals surface area contributed by atoms with Crippen LogP contribution in [0.4, 0.5) is 10.3 Å². The average Bonchev–Trinajstić information content (AvgIpc) is 2.74. The molecule has 0 saturated heterocycles. The molecule has 0 saturated carbocycles. The quantitative estimate of drug-likeness (QED) is 0.710. The van der Waals surface area contributed by atoms with E-state index in [1.807, 2.05) is 13.8 Å². The van der Waals surface area contributed by atoms with E-state index in [1.165, 1.54) is 17.0 Å². The molecule has 0 aliphatic rings. The Morgan fingerprint density at radius 2 is 1.90 bits per heavy atom. The Hall–Kier alpha value is -1.72. The van der Waals surface area contributed by atoms with Crippen molar-refractivity contribution in [2.45, 2.75) is 20.4 Å². The fourth-order valence-corrected chi connectivity index (χ4v) is 3.46. The molecule has 2 aromatic heterocycles.